The molecule has 1 aromatic carbocycles. The summed E-state index contributed by atoms with van der Waals surface area (Å²) in [7, 11) is -3.33. The van der Waals surface area contributed by atoms with Gasteiger partial charge in [0.05, 0.1) is 11.5 Å². The smallest absolute Gasteiger partial charge is 0.245 e. The first-order chi connectivity index (χ1) is 6.71. The van der Waals surface area contributed by atoms with Crippen LogP contribution in [0.1, 0.15) is 0 Å². The number of sulfonamides is 1. The highest BCUT2D eigenvalue weighted by atomic mass is 32.2. The van der Waals surface area contributed by atoms with Gasteiger partial charge in [-0.3, -0.25) is 0 Å². The molecular weight excluding hydrogens is 202 g/mol. The van der Waals surface area contributed by atoms with E-state index in [0.717, 1.165) is 0 Å². The number of hydrogen-bond acceptors (Lipinski definition) is 3. The van der Waals surface area contributed by atoms with Gasteiger partial charge in [0.1, 0.15) is 6.73 Å². The molecule has 2 rings (SSSR count). The molecule has 0 atom stereocenters. The third kappa shape index (κ3) is 1.66. The van der Waals surface area contributed by atoms with E-state index in [1.807, 2.05) is 0 Å². The van der Waals surface area contributed by atoms with Gasteiger partial charge in [-0.2, -0.15) is 4.31 Å². The lowest BCUT2D eigenvalue weighted by atomic mass is 10.4. The lowest BCUT2D eigenvalue weighted by Crippen LogP contribution is -2.28. The summed E-state index contributed by atoms with van der Waals surface area (Å²) in [5, 5.41) is 0. The Kier molecular flexibility index (Phi) is 2.54. The zero-order chi connectivity index (χ0) is 10.0. The van der Waals surface area contributed by atoms with Crippen molar-refractivity contribution in [3.8, 4) is 0 Å². The average molecular weight is 213 g/mol. The molecule has 1 saturated heterocycles. The summed E-state index contributed by atoms with van der Waals surface area (Å²) in [6.45, 7) is 1.08. The molecule has 0 unspecified atom stereocenters. The molecular formula is C9H11NO3S. The van der Waals surface area contributed by atoms with Crippen LogP contribution in [0.5, 0.6) is 0 Å². The number of ether oxygens (including phenoxy) is 1. The molecule has 0 aromatic heterocycles. The Labute approximate surface area is 83.2 Å². The van der Waals surface area contributed by atoms with Gasteiger partial charge in [0.2, 0.25) is 10.0 Å². The van der Waals surface area contributed by atoms with Crippen LogP contribution in [0, 0.1) is 0 Å². The first-order valence-corrected chi connectivity index (χ1v) is 5.78. The molecule has 0 spiro atoms. The van der Waals surface area contributed by atoms with Crippen LogP contribution < -0.4 is 0 Å². The summed E-state index contributed by atoms with van der Waals surface area (Å²) in [6.07, 6.45) is 0. The van der Waals surface area contributed by atoms with Crippen LogP contribution in [0.4, 0.5) is 0 Å². The predicted octanol–water partition coefficient (Wildman–Crippen LogP) is 0.665. The number of rotatable bonds is 2. The Morgan fingerprint density at radius 3 is 2.50 bits per heavy atom. The molecule has 1 aliphatic rings. The maximum absolute atomic E-state index is 11.9. The van der Waals surface area contributed by atoms with Crippen LogP contribution in [0.25, 0.3) is 0 Å². The van der Waals surface area contributed by atoms with E-state index in [0.29, 0.717) is 18.0 Å². The van der Waals surface area contributed by atoms with Crippen molar-refractivity contribution in [3.05, 3.63) is 30.3 Å². The number of hydrogen-bond donors (Lipinski definition) is 0. The second-order valence-corrected chi connectivity index (χ2v) is 4.97. The van der Waals surface area contributed by atoms with Crippen molar-refractivity contribution in [1.82, 2.24) is 4.31 Å². The largest absolute Gasteiger partial charge is 0.364 e. The van der Waals surface area contributed by atoms with Gasteiger partial charge >= 0.3 is 0 Å². The van der Waals surface area contributed by atoms with Gasteiger partial charge in [-0.1, -0.05) is 18.2 Å². The van der Waals surface area contributed by atoms with Crippen LogP contribution in [0.3, 0.4) is 0 Å². The van der Waals surface area contributed by atoms with Gasteiger partial charge in [0.15, 0.2) is 0 Å². The predicted molar refractivity (Wildman–Crippen MR) is 51.2 cm³/mol. The van der Waals surface area contributed by atoms with Crippen molar-refractivity contribution < 1.29 is 13.2 Å². The van der Waals surface area contributed by atoms with E-state index in [2.05, 4.69) is 0 Å². The molecule has 0 N–H and O–H groups in total. The van der Waals surface area contributed by atoms with Gasteiger partial charge in [0, 0.05) is 6.54 Å². The third-order valence-electron chi connectivity index (χ3n) is 2.10. The van der Waals surface area contributed by atoms with Crippen molar-refractivity contribution in [2.45, 2.75) is 4.90 Å². The Morgan fingerprint density at radius 1 is 1.21 bits per heavy atom. The molecule has 4 nitrogen and oxygen atoms in total. The van der Waals surface area contributed by atoms with Crippen molar-refractivity contribution in [3.63, 3.8) is 0 Å². The standard InChI is InChI=1S/C9H11NO3S/c11-14(12,10-6-7-13-8-10)9-4-2-1-3-5-9/h1-5H,6-8H2. The fraction of sp³-hybridized carbons (Fsp3) is 0.333. The van der Waals surface area contributed by atoms with Gasteiger partial charge in [-0.15, -0.1) is 0 Å². The molecule has 0 radical (unpaired) electrons. The molecule has 1 fully saturated rings. The SMILES string of the molecule is O=S(=O)(c1ccccc1)N1CCOC1. The molecule has 1 heterocycles. The first-order valence-electron chi connectivity index (χ1n) is 4.34. The third-order valence-corrected chi connectivity index (χ3v) is 3.94. The van der Waals surface area contributed by atoms with E-state index in [-0.39, 0.29) is 6.73 Å². The average Bonchev–Trinajstić information content (AvgIpc) is 2.72. The Balaban J connectivity index is 2.33. The van der Waals surface area contributed by atoms with Crippen LogP contribution in [-0.4, -0.2) is 32.6 Å². The molecule has 5 heteroatoms. The molecule has 1 aliphatic heterocycles. The van der Waals surface area contributed by atoms with Crippen LogP contribution in [0.2, 0.25) is 0 Å². The van der Waals surface area contributed by atoms with E-state index >= 15 is 0 Å². The molecule has 1 aromatic rings. The Hall–Kier alpha value is -0.910. The topological polar surface area (TPSA) is 46.6 Å². The van der Waals surface area contributed by atoms with E-state index in [1.54, 1.807) is 30.3 Å². The van der Waals surface area contributed by atoms with Crippen LogP contribution in [0.15, 0.2) is 35.2 Å². The molecule has 76 valence electrons. The minimum Gasteiger partial charge on any atom is -0.364 e. The minimum atomic E-state index is -3.33. The summed E-state index contributed by atoms with van der Waals surface area (Å²) >= 11 is 0. The molecule has 0 saturated carbocycles. The lowest BCUT2D eigenvalue weighted by molar-refractivity contribution is 0.172. The molecule has 14 heavy (non-hydrogen) atoms. The summed E-state index contributed by atoms with van der Waals surface area (Å²) in [5.74, 6) is 0. The quantitative estimate of drug-likeness (QED) is 0.725. The second-order valence-electron chi connectivity index (χ2n) is 3.03. The van der Waals surface area contributed by atoms with Crippen LogP contribution in [-0.2, 0) is 14.8 Å². The Bertz CT molecular complexity index is 395. The van der Waals surface area contributed by atoms with Crippen molar-refractivity contribution >= 4 is 10.0 Å². The monoisotopic (exact) mass is 213 g/mol. The lowest BCUT2D eigenvalue weighted by Gasteiger charge is -2.13. The number of benzene rings is 1. The Morgan fingerprint density at radius 2 is 1.93 bits per heavy atom. The van der Waals surface area contributed by atoms with Gasteiger partial charge in [-0.05, 0) is 12.1 Å². The maximum atomic E-state index is 11.9. The highest BCUT2D eigenvalue weighted by molar-refractivity contribution is 7.89. The second kappa shape index (κ2) is 3.68. The number of nitrogens with zero attached hydrogens (tertiary/aromatic N) is 1. The molecule has 0 amide bonds. The summed E-state index contributed by atoms with van der Waals surface area (Å²) in [6, 6.07) is 8.40. The highest BCUT2D eigenvalue weighted by Gasteiger charge is 2.27. The first kappa shape index (κ1) is 9.64. The van der Waals surface area contributed by atoms with E-state index in [4.69, 9.17) is 4.74 Å². The molecule has 0 aliphatic carbocycles. The summed E-state index contributed by atoms with van der Waals surface area (Å²) in [5.41, 5.74) is 0. The van der Waals surface area contributed by atoms with Gasteiger partial charge in [0.25, 0.3) is 0 Å². The fourth-order valence-corrected chi connectivity index (χ4v) is 2.66. The summed E-state index contributed by atoms with van der Waals surface area (Å²) < 4.78 is 30.1. The highest BCUT2D eigenvalue weighted by Crippen LogP contribution is 2.16. The van der Waals surface area contributed by atoms with Crippen molar-refractivity contribution in [1.29, 1.82) is 0 Å². The minimum absolute atomic E-state index is 0.164. The summed E-state index contributed by atoms with van der Waals surface area (Å²) in [4.78, 5) is 0.325. The van der Waals surface area contributed by atoms with Crippen LogP contribution >= 0.6 is 0 Å². The fourth-order valence-electron chi connectivity index (χ4n) is 1.33. The van der Waals surface area contributed by atoms with E-state index < -0.39 is 10.0 Å². The maximum Gasteiger partial charge on any atom is 0.245 e. The van der Waals surface area contributed by atoms with Crippen molar-refractivity contribution in [2.24, 2.45) is 0 Å². The zero-order valence-electron chi connectivity index (χ0n) is 7.59. The zero-order valence-corrected chi connectivity index (χ0v) is 8.40. The van der Waals surface area contributed by atoms with Gasteiger partial charge < -0.3 is 4.74 Å². The molecule has 0 bridgehead atoms. The van der Waals surface area contributed by atoms with Gasteiger partial charge in [-0.25, -0.2) is 8.42 Å². The normalized spacial score (nSPS) is 18.6. The van der Waals surface area contributed by atoms with Crippen molar-refractivity contribution in [2.75, 3.05) is 19.9 Å². The van der Waals surface area contributed by atoms with E-state index in [9.17, 15) is 8.42 Å². The van der Waals surface area contributed by atoms with E-state index in [1.165, 1.54) is 4.31 Å².